The Bertz CT molecular complexity index is 416. The van der Waals surface area contributed by atoms with Crippen LogP contribution in [-0.4, -0.2) is 35.3 Å². The average Bonchev–Trinajstić information content (AvgIpc) is 2.46. The summed E-state index contributed by atoms with van der Waals surface area (Å²) in [6, 6.07) is -1.04. The van der Waals surface area contributed by atoms with Crippen molar-refractivity contribution in [3.05, 3.63) is 0 Å². The first kappa shape index (κ1) is 18.4. The molecule has 0 aromatic rings. The molecule has 0 saturated heterocycles. The molecule has 1 saturated carbocycles. The van der Waals surface area contributed by atoms with Crippen molar-refractivity contribution in [3.8, 4) is 0 Å². The molecule has 0 aromatic carbocycles. The topological polar surface area (TPSA) is 116 Å². The zero-order valence-electron chi connectivity index (χ0n) is 13.2. The van der Waals surface area contributed by atoms with Crippen LogP contribution in [0.5, 0.6) is 0 Å². The minimum absolute atomic E-state index is 0.160. The fourth-order valence-electron chi connectivity index (χ4n) is 2.93. The monoisotopic (exact) mass is 315 g/mol. The van der Waals surface area contributed by atoms with Crippen LogP contribution in [-0.2, 0) is 23.9 Å². The summed E-state index contributed by atoms with van der Waals surface area (Å²) in [5.74, 6) is -2.18. The number of rotatable bonds is 7. The van der Waals surface area contributed by atoms with Gasteiger partial charge in [-0.1, -0.05) is 26.2 Å². The molecule has 0 aromatic heterocycles. The van der Waals surface area contributed by atoms with Crippen LogP contribution < -0.4 is 5.73 Å². The van der Waals surface area contributed by atoms with Crippen LogP contribution in [0.1, 0.15) is 58.8 Å². The third-order valence-electron chi connectivity index (χ3n) is 4.13. The SMILES string of the molecule is CCC(=O)OC(C)OC(=O)C(N)C1(CC(=O)O)CCCCC1. The predicted molar refractivity (Wildman–Crippen MR) is 77.7 cm³/mol. The molecule has 0 heterocycles. The lowest BCUT2D eigenvalue weighted by Gasteiger charge is -2.39. The summed E-state index contributed by atoms with van der Waals surface area (Å²) >= 11 is 0. The van der Waals surface area contributed by atoms with Crippen molar-refractivity contribution in [3.63, 3.8) is 0 Å². The quantitative estimate of drug-likeness (QED) is 0.541. The second kappa shape index (κ2) is 8.12. The Morgan fingerprint density at radius 1 is 1.18 bits per heavy atom. The van der Waals surface area contributed by atoms with Crippen molar-refractivity contribution in [1.82, 2.24) is 0 Å². The van der Waals surface area contributed by atoms with Crippen LogP contribution in [0.2, 0.25) is 0 Å². The van der Waals surface area contributed by atoms with E-state index in [0.29, 0.717) is 12.8 Å². The molecule has 2 unspecified atom stereocenters. The third kappa shape index (κ3) is 4.98. The Hall–Kier alpha value is -1.63. The van der Waals surface area contributed by atoms with E-state index in [9.17, 15) is 14.4 Å². The molecule has 0 aliphatic heterocycles. The van der Waals surface area contributed by atoms with Gasteiger partial charge in [-0.3, -0.25) is 14.4 Å². The van der Waals surface area contributed by atoms with Gasteiger partial charge in [0.15, 0.2) is 0 Å². The van der Waals surface area contributed by atoms with E-state index in [0.717, 1.165) is 19.3 Å². The highest BCUT2D eigenvalue weighted by Gasteiger charge is 2.44. The summed E-state index contributed by atoms with van der Waals surface area (Å²) < 4.78 is 9.91. The van der Waals surface area contributed by atoms with Gasteiger partial charge in [-0.25, -0.2) is 0 Å². The second-order valence-corrected chi connectivity index (χ2v) is 5.82. The maximum Gasteiger partial charge on any atom is 0.326 e. The number of hydrogen-bond donors (Lipinski definition) is 2. The highest BCUT2D eigenvalue weighted by Crippen LogP contribution is 2.42. The van der Waals surface area contributed by atoms with Crippen LogP contribution in [0.3, 0.4) is 0 Å². The molecule has 0 amide bonds. The van der Waals surface area contributed by atoms with Crippen LogP contribution in [0.15, 0.2) is 0 Å². The summed E-state index contributed by atoms with van der Waals surface area (Å²) in [5, 5.41) is 9.12. The summed E-state index contributed by atoms with van der Waals surface area (Å²) in [4.78, 5) is 34.5. The van der Waals surface area contributed by atoms with E-state index in [-0.39, 0.29) is 12.8 Å². The first-order valence-electron chi connectivity index (χ1n) is 7.68. The lowest BCUT2D eigenvalue weighted by Crippen LogP contribution is -2.51. The van der Waals surface area contributed by atoms with Gasteiger partial charge in [-0.15, -0.1) is 0 Å². The molecule has 0 bridgehead atoms. The third-order valence-corrected chi connectivity index (χ3v) is 4.13. The number of carboxylic acids is 1. The van der Waals surface area contributed by atoms with E-state index in [1.54, 1.807) is 6.92 Å². The van der Waals surface area contributed by atoms with Crippen molar-refractivity contribution in [2.24, 2.45) is 11.1 Å². The van der Waals surface area contributed by atoms with Crippen LogP contribution in [0.25, 0.3) is 0 Å². The molecular formula is C15H25NO6. The maximum absolute atomic E-state index is 12.2. The Morgan fingerprint density at radius 2 is 1.77 bits per heavy atom. The Morgan fingerprint density at radius 3 is 2.27 bits per heavy atom. The average molecular weight is 315 g/mol. The summed E-state index contributed by atoms with van der Waals surface area (Å²) in [6.07, 6.45) is 2.84. The van der Waals surface area contributed by atoms with Crippen LogP contribution in [0.4, 0.5) is 0 Å². The van der Waals surface area contributed by atoms with Crippen LogP contribution in [0, 0.1) is 5.41 Å². The molecule has 0 radical (unpaired) electrons. The van der Waals surface area contributed by atoms with Gasteiger partial charge in [0.25, 0.3) is 0 Å². The van der Waals surface area contributed by atoms with E-state index < -0.39 is 35.7 Å². The number of aliphatic carboxylic acids is 1. The second-order valence-electron chi connectivity index (χ2n) is 5.82. The van der Waals surface area contributed by atoms with Crippen molar-refractivity contribution in [2.75, 3.05) is 0 Å². The number of carbonyl (C=O) groups excluding carboxylic acids is 2. The van der Waals surface area contributed by atoms with Gasteiger partial charge in [-0.05, 0) is 12.8 Å². The standard InChI is InChI=1S/C15H25NO6/c1-3-12(19)21-10(2)22-14(20)13(16)15(9-11(17)18)7-5-4-6-8-15/h10,13H,3-9,16H2,1-2H3,(H,17,18). The number of esters is 2. The molecule has 126 valence electrons. The molecule has 1 aliphatic rings. The van der Waals surface area contributed by atoms with Gasteiger partial charge in [0.2, 0.25) is 6.29 Å². The smallest absolute Gasteiger partial charge is 0.326 e. The molecular weight excluding hydrogens is 290 g/mol. The van der Waals surface area contributed by atoms with Crippen molar-refractivity contribution < 1.29 is 29.0 Å². The molecule has 0 spiro atoms. The molecule has 1 fully saturated rings. The first-order chi connectivity index (χ1) is 10.3. The zero-order chi connectivity index (χ0) is 16.8. The number of ether oxygens (including phenoxy) is 2. The number of nitrogens with two attached hydrogens (primary N) is 1. The Balaban J connectivity index is 2.72. The van der Waals surface area contributed by atoms with E-state index in [1.807, 2.05) is 0 Å². The normalized spacial score (nSPS) is 19.8. The molecule has 2 atom stereocenters. The van der Waals surface area contributed by atoms with Crippen molar-refractivity contribution in [2.45, 2.75) is 71.1 Å². The van der Waals surface area contributed by atoms with Gasteiger partial charge in [0.05, 0.1) is 6.42 Å². The first-order valence-corrected chi connectivity index (χ1v) is 7.68. The van der Waals surface area contributed by atoms with Gasteiger partial charge < -0.3 is 20.3 Å². The summed E-state index contributed by atoms with van der Waals surface area (Å²) in [7, 11) is 0. The number of hydrogen-bond acceptors (Lipinski definition) is 6. The molecule has 7 heteroatoms. The zero-order valence-corrected chi connectivity index (χ0v) is 13.2. The van der Waals surface area contributed by atoms with Crippen molar-refractivity contribution in [1.29, 1.82) is 0 Å². The molecule has 22 heavy (non-hydrogen) atoms. The minimum Gasteiger partial charge on any atom is -0.481 e. The lowest BCUT2D eigenvalue weighted by atomic mass is 9.67. The van der Waals surface area contributed by atoms with Crippen LogP contribution >= 0.6 is 0 Å². The highest BCUT2D eigenvalue weighted by molar-refractivity contribution is 5.79. The summed E-state index contributed by atoms with van der Waals surface area (Å²) in [5.41, 5.74) is 5.23. The highest BCUT2D eigenvalue weighted by atomic mass is 16.7. The van der Waals surface area contributed by atoms with E-state index in [2.05, 4.69) is 0 Å². The van der Waals surface area contributed by atoms with Gasteiger partial charge in [0.1, 0.15) is 6.04 Å². The molecule has 7 nitrogen and oxygen atoms in total. The number of carbonyl (C=O) groups is 3. The summed E-state index contributed by atoms with van der Waals surface area (Å²) in [6.45, 7) is 3.06. The van der Waals surface area contributed by atoms with Gasteiger partial charge >= 0.3 is 17.9 Å². The molecule has 1 rings (SSSR count). The Kier molecular flexibility index (Phi) is 6.80. The maximum atomic E-state index is 12.2. The van der Waals surface area contributed by atoms with Gasteiger partial charge in [-0.2, -0.15) is 0 Å². The van der Waals surface area contributed by atoms with Crippen molar-refractivity contribution >= 4 is 17.9 Å². The predicted octanol–water partition coefficient (Wildman–Crippen LogP) is 1.58. The fraction of sp³-hybridized carbons (Fsp3) is 0.800. The Labute approximate surface area is 130 Å². The van der Waals surface area contributed by atoms with E-state index in [4.69, 9.17) is 20.3 Å². The van der Waals surface area contributed by atoms with E-state index in [1.165, 1.54) is 6.92 Å². The van der Waals surface area contributed by atoms with E-state index >= 15 is 0 Å². The minimum atomic E-state index is -1.04. The lowest BCUT2D eigenvalue weighted by molar-refractivity contribution is -0.187. The fourth-order valence-corrected chi connectivity index (χ4v) is 2.93. The number of carboxylic acid groups (broad SMARTS) is 1. The van der Waals surface area contributed by atoms with Gasteiger partial charge in [0, 0.05) is 18.8 Å². The largest absolute Gasteiger partial charge is 0.481 e. The molecule has 3 N–H and O–H groups in total. The molecule has 1 aliphatic carbocycles.